The van der Waals surface area contributed by atoms with E-state index in [0.717, 1.165) is 6.35 Å². The molecule has 0 atom stereocenters. The van der Waals surface area contributed by atoms with Gasteiger partial charge in [0.25, 0.3) is 0 Å². The van der Waals surface area contributed by atoms with Crippen LogP contribution >= 0.6 is 7.92 Å². The lowest BCUT2D eigenvalue weighted by Gasteiger charge is -2.08. The van der Waals surface area contributed by atoms with Crippen molar-refractivity contribution in [2.75, 3.05) is 13.5 Å². The third-order valence-corrected chi connectivity index (χ3v) is 5.17. The topological polar surface area (TPSA) is 9.23 Å². The molecule has 82 valence electrons. The van der Waals surface area contributed by atoms with Crippen molar-refractivity contribution in [3.63, 3.8) is 0 Å². The summed E-state index contributed by atoms with van der Waals surface area (Å²) in [6.07, 6.45) is 0.818. The number of hydrogen-bond acceptors (Lipinski definition) is 1. The minimum Gasteiger partial charge on any atom is -0.349 e. The van der Waals surface area contributed by atoms with E-state index in [4.69, 9.17) is 4.74 Å². The van der Waals surface area contributed by atoms with Crippen molar-refractivity contribution >= 4 is 18.5 Å². The van der Waals surface area contributed by atoms with Crippen LogP contribution in [0.15, 0.2) is 60.7 Å². The van der Waals surface area contributed by atoms with Crippen LogP contribution in [0, 0.1) is 0 Å². The molecule has 0 aliphatic rings. The summed E-state index contributed by atoms with van der Waals surface area (Å²) in [7, 11) is 1.00. The lowest BCUT2D eigenvalue weighted by molar-refractivity contribution is 0.256. The summed E-state index contributed by atoms with van der Waals surface area (Å²) in [4.78, 5) is 0. The van der Waals surface area contributed by atoms with Gasteiger partial charge in [-0.15, -0.1) is 0 Å². The third-order valence-electron chi connectivity index (χ3n) is 2.53. The second kappa shape index (κ2) is 5.79. The Labute approximate surface area is 97.8 Å². The lowest BCUT2D eigenvalue weighted by atomic mass is 10.4. The minimum absolute atomic E-state index is 0.773. The Bertz CT molecular complexity index is 374. The number of hydrogen-bond donors (Lipinski definition) is 0. The van der Waals surface area contributed by atoms with E-state index in [-0.39, 0.29) is 0 Å². The Kier molecular flexibility index (Phi) is 4.10. The molecule has 0 saturated heterocycles. The first-order chi connectivity index (χ1) is 7.92. The van der Waals surface area contributed by atoms with Crippen molar-refractivity contribution in [2.45, 2.75) is 0 Å². The van der Waals surface area contributed by atoms with Crippen molar-refractivity contribution in [3.8, 4) is 0 Å². The van der Waals surface area contributed by atoms with Crippen molar-refractivity contribution in [1.82, 2.24) is 0 Å². The highest BCUT2D eigenvalue weighted by atomic mass is 31.1. The maximum Gasteiger partial charge on any atom is 0.163 e. The average molecular weight is 231 g/mol. The van der Waals surface area contributed by atoms with E-state index in [0.29, 0.717) is 0 Å². The molecule has 0 aromatic heterocycles. The van der Waals surface area contributed by atoms with Crippen LogP contribution in [-0.2, 0) is 4.74 Å². The van der Waals surface area contributed by atoms with Gasteiger partial charge in [0.2, 0.25) is 0 Å². The van der Waals surface area contributed by atoms with Crippen molar-refractivity contribution in [3.05, 3.63) is 60.7 Å². The maximum absolute atomic E-state index is 5.36. The first-order valence-corrected chi connectivity index (χ1v) is 7.08. The number of methoxy groups -OCH3 is 1. The van der Waals surface area contributed by atoms with E-state index in [1.54, 1.807) is 7.11 Å². The van der Waals surface area contributed by atoms with Gasteiger partial charge in [-0.05, 0) is 24.3 Å². The summed E-state index contributed by atoms with van der Waals surface area (Å²) in [5.74, 6) is 0. The molecular formula is C14H16OP+. The largest absolute Gasteiger partial charge is 0.349 e. The zero-order valence-corrected chi connectivity index (χ0v) is 10.4. The fraction of sp³-hybridized carbons (Fsp3) is 0.143. The van der Waals surface area contributed by atoms with Crippen LogP contribution in [0.5, 0.6) is 0 Å². The number of ether oxygens (including phenoxy) is 1. The highest BCUT2D eigenvalue weighted by Crippen LogP contribution is 2.32. The van der Waals surface area contributed by atoms with Gasteiger partial charge in [-0.2, -0.15) is 0 Å². The molecule has 2 aromatic rings. The molecule has 0 fully saturated rings. The minimum atomic E-state index is -0.773. The van der Waals surface area contributed by atoms with Crippen molar-refractivity contribution < 1.29 is 4.74 Å². The van der Waals surface area contributed by atoms with Crippen LogP contribution in [0.3, 0.4) is 0 Å². The first kappa shape index (κ1) is 11.3. The summed E-state index contributed by atoms with van der Waals surface area (Å²) in [6, 6.07) is 21.3. The molecule has 0 aliphatic carbocycles. The normalized spacial score (nSPS) is 10.6. The summed E-state index contributed by atoms with van der Waals surface area (Å²) in [5.41, 5.74) is 0. The molecule has 0 N–H and O–H groups in total. The van der Waals surface area contributed by atoms with E-state index in [1.165, 1.54) is 10.6 Å². The second-order valence-electron chi connectivity index (χ2n) is 3.64. The predicted octanol–water partition coefficient (Wildman–Crippen LogP) is 2.46. The maximum atomic E-state index is 5.36. The fourth-order valence-electron chi connectivity index (χ4n) is 1.76. The molecule has 2 rings (SSSR count). The number of benzene rings is 2. The Hall–Kier alpha value is -1.17. The predicted molar refractivity (Wildman–Crippen MR) is 72.3 cm³/mol. The molecule has 0 bridgehead atoms. The van der Waals surface area contributed by atoms with Crippen molar-refractivity contribution in [2.24, 2.45) is 0 Å². The monoisotopic (exact) mass is 231 g/mol. The average Bonchev–Trinajstić information content (AvgIpc) is 2.38. The van der Waals surface area contributed by atoms with Gasteiger partial charge in [0.15, 0.2) is 6.35 Å². The Morgan fingerprint density at radius 2 is 1.25 bits per heavy atom. The third kappa shape index (κ3) is 2.69. The van der Waals surface area contributed by atoms with Crippen LogP contribution in [0.2, 0.25) is 0 Å². The second-order valence-corrected chi connectivity index (χ2v) is 6.04. The zero-order valence-electron chi connectivity index (χ0n) is 9.39. The van der Waals surface area contributed by atoms with Crippen molar-refractivity contribution in [1.29, 1.82) is 0 Å². The molecule has 0 spiro atoms. The van der Waals surface area contributed by atoms with Gasteiger partial charge < -0.3 is 4.74 Å². The molecule has 0 aliphatic heterocycles. The molecule has 2 aromatic carbocycles. The van der Waals surface area contributed by atoms with E-state index in [1.807, 2.05) is 0 Å². The molecular weight excluding hydrogens is 215 g/mol. The van der Waals surface area contributed by atoms with E-state index < -0.39 is 7.92 Å². The molecule has 0 radical (unpaired) electrons. The summed E-state index contributed by atoms with van der Waals surface area (Å²) in [6.45, 7) is 0. The van der Waals surface area contributed by atoms with Gasteiger partial charge >= 0.3 is 0 Å². The smallest absolute Gasteiger partial charge is 0.163 e. The first-order valence-electron chi connectivity index (χ1n) is 5.37. The summed E-state index contributed by atoms with van der Waals surface area (Å²) < 4.78 is 5.36. The van der Waals surface area contributed by atoms with Gasteiger partial charge in [0.1, 0.15) is 0 Å². The van der Waals surface area contributed by atoms with Crippen LogP contribution in [0.25, 0.3) is 0 Å². The van der Waals surface area contributed by atoms with E-state index in [9.17, 15) is 0 Å². The van der Waals surface area contributed by atoms with E-state index in [2.05, 4.69) is 60.7 Å². The van der Waals surface area contributed by atoms with Crippen LogP contribution in [0.4, 0.5) is 0 Å². The van der Waals surface area contributed by atoms with Gasteiger partial charge in [0.05, 0.1) is 18.5 Å². The van der Waals surface area contributed by atoms with Gasteiger partial charge in [-0.3, -0.25) is 0 Å². The van der Waals surface area contributed by atoms with Crippen LogP contribution < -0.4 is 10.6 Å². The fourth-order valence-corrected chi connectivity index (χ4v) is 3.90. The van der Waals surface area contributed by atoms with Gasteiger partial charge in [-0.1, -0.05) is 36.4 Å². The van der Waals surface area contributed by atoms with E-state index >= 15 is 0 Å². The number of rotatable bonds is 4. The van der Waals surface area contributed by atoms with Gasteiger partial charge in [0, 0.05) is 7.11 Å². The summed E-state index contributed by atoms with van der Waals surface area (Å²) in [5, 5.41) is 2.81. The molecule has 0 saturated carbocycles. The quantitative estimate of drug-likeness (QED) is 0.734. The molecule has 16 heavy (non-hydrogen) atoms. The Balaban J connectivity index is 2.31. The molecule has 0 unspecified atom stereocenters. The highest BCUT2D eigenvalue weighted by Gasteiger charge is 2.21. The van der Waals surface area contributed by atoms with Crippen LogP contribution in [-0.4, -0.2) is 13.5 Å². The van der Waals surface area contributed by atoms with Crippen LogP contribution in [0.1, 0.15) is 0 Å². The molecule has 2 heteroatoms. The zero-order chi connectivity index (χ0) is 11.2. The molecule has 1 nitrogen and oxygen atoms in total. The molecule has 0 amide bonds. The standard InChI is InChI=1S/C14H15OP/c1-15-12-16(13-8-4-2-5-9-13)14-10-6-3-7-11-14/h2-11H,12H2,1H3/p+1. The highest BCUT2D eigenvalue weighted by molar-refractivity contribution is 7.72. The summed E-state index contributed by atoms with van der Waals surface area (Å²) >= 11 is 0. The Morgan fingerprint density at radius 3 is 1.62 bits per heavy atom. The molecule has 0 heterocycles. The SMILES string of the molecule is COC[PH+](c1ccccc1)c1ccccc1. The lowest BCUT2D eigenvalue weighted by Crippen LogP contribution is -2.14. The van der Waals surface area contributed by atoms with Gasteiger partial charge in [-0.25, -0.2) is 0 Å². The Morgan fingerprint density at radius 1 is 0.812 bits per heavy atom.